The van der Waals surface area contributed by atoms with Gasteiger partial charge in [0.05, 0.1) is 11.7 Å². The van der Waals surface area contributed by atoms with Crippen LogP contribution in [0.2, 0.25) is 5.15 Å². The van der Waals surface area contributed by atoms with Crippen LogP contribution >= 0.6 is 11.6 Å². The zero-order valence-corrected chi connectivity index (χ0v) is 23.7. The van der Waals surface area contributed by atoms with Gasteiger partial charge in [-0.1, -0.05) is 25.4 Å². The lowest BCUT2D eigenvalue weighted by molar-refractivity contribution is -0.242. The lowest BCUT2D eigenvalue weighted by Gasteiger charge is -2.42. The van der Waals surface area contributed by atoms with Crippen LogP contribution in [0.3, 0.4) is 0 Å². The molecule has 15 heteroatoms. The molecule has 1 N–H and O–H groups in total. The quantitative estimate of drug-likeness (QED) is 0.406. The van der Waals surface area contributed by atoms with Crippen LogP contribution in [0, 0.1) is 5.41 Å². The van der Waals surface area contributed by atoms with Gasteiger partial charge in [-0.15, -0.1) is 0 Å². The minimum atomic E-state index is -4.82. The smallest absolute Gasteiger partial charge is 0.427 e. The first kappa shape index (κ1) is 30.5. The van der Waals surface area contributed by atoms with Crippen molar-refractivity contribution in [3.05, 3.63) is 29.5 Å². The number of hydrogen-bond acceptors (Lipinski definition) is 7. The molecule has 1 aliphatic rings. The molecular weight excluding hydrogens is 565 g/mol. The first-order chi connectivity index (χ1) is 17.8. The molecule has 2 heterocycles. The number of rotatable bonds is 8. The van der Waals surface area contributed by atoms with Crippen molar-refractivity contribution in [2.45, 2.75) is 83.3 Å². The molecule has 1 aliphatic heterocycles. The van der Waals surface area contributed by atoms with Gasteiger partial charge in [0.1, 0.15) is 23.0 Å². The van der Waals surface area contributed by atoms with Gasteiger partial charge in [-0.2, -0.15) is 18.3 Å². The molecule has 3 rings (SSSR count). The molecule has 2 aromatic rings. The van der Waals surface area contributed by atoms with E-state index in [4.69, 9.17) is 16.3 Å². The molecule has 1 aromatic heterocycles. The van der Waals surface area contributed by atoms with E-state index in [1.54, 1.807) is 27.7 Å². The monoisotopic (exact) mass is 594 g/mol. The van der Waals surface area contributed by atoms with Crippen molar-refractivity contribution in [3.8, 4) is 5.75 Å². The van der Waals surface area contributed by atoms with Crippen LogP contribution in [-0.2, 0) is 26.1 Å². The molecule has 1 aromatic carbocycles. The maximum Gasteiger partial charge on any atom is 0.427 e. The summed E-state index contributed by atoms with van der Waals surface area (Å²) in [5.74, 6) is 0.108. The van der Waals surface area contributed by atoms with Crippen molar-refractivity contribution >= 4 is 45.4 Å². The fourth-order valence-electron chi connectivity index (χ4n) is 3.88. The molecule has 0 spiro atoms. The Bertz CT molecular complexity index is 1360. The summed E-state index contributed by atoms with van der Waals surface area (Å²) < 4.78 is 80.4. The summed E-state index contributed by atoms with van der Waals surface area (Å²) in [7, 11) is -4.38. The summed E-state index contributed by atoms with van der Waals surface area (Å²) in [6.45, 7) is 8.46. The van der Waals surface area contributed by atoms with Crippen molar-refractivity contribution in [3.63, 3.8) is 0 Å². The minimum absolute atomic E-state index is 0.00384. The number of carbonyl (C=O) groups is 2. The number of carbonyl (C=O) groups excluding carboxylic acids is 2. The highest BCUT2D eigenvalue weighted by Gasteiger charge is 2.51. The van der Waals surface area contributed by atoms with Gasteiger partial charge in [0.2, 0.25) is 5.60 Å². The van der Waals surface area contributed by atoms with Crippen LogP contribution in [0.15, 0.2) is 29.3 Å². The number of sulfonamides is 1. The summed E-state index contributed by atoms with van der Waals surface area (Å²) in [5, 5.41) is 5.95. The molecule has 1 amide bonds. The molecule has 0 saturated heterocycles. The molecule has 0 saturated carbocycles. The molecule has 0 aliphatic carbocycles. The van der Waals surface area contributed by atoms with E-state index in [2.05, 4.69) is 15.2 Å². The number of benzene rings is 1. The van der Waals surface area contributed by atoms with Crippen LogP contribution in [0.5, 0.6) is 5.75 Å². The normalized spacial score (nSPS) is 18.3. The maximum absolute atomic E-state index is 13.9. The van der Waals surface area contributed by atoms with Gasteiger partial charge in [-0.25, -0.2) is 13.2 Å². The van der Waals surface area contributed by atoms with Gasteiger partial charge in [0.25, 0.3) is 10.0 Å². The molecular formula is C24H30ClF3N4O6S. The summed E-state index contributed by atoms with van der Waals surface area (Å²) in [6, 6.07) is 3.07. The van der Waals surface area contributed by atoms with Crippen LogP contribution in [-0.4, -0.2) is 54.5 Å². The van der Waals surface area contributed by atoms with E-state index in [-0.39, 0.29) is 33.6 Å². The van der Waals surface area contributed by atoms with Gasteiger partial charge < -0.3 is 14.3 Å². The fraction of sp³-hybridized carbons (Fsp3) is 0.542. The molecule has 0 bridgehead atoms. The Morgan fingerprint density at radius 2 is 1.90 bits per heavy atom. The van der Waals surface area contributed by atoms with Crippen LogP contribution in [0.1, 0.15) is 48.0 Å². The van der Waals surface area contributed by atoms with Crippen LogP contribution in [0.4, 0.5) is 29.3 Å². The number of nitrogens with zero attached hydrogens (tertiary/aromatic N) is 3. The number of anilines is 2. The van der Waals surface area contributed by atoms with E-state index in [0.29, 0.717) is 20.4 Å². The first-order valence-corrected chi connectivity index (χ1v) is 13.8. The lowest BCUT2D eigenvalue weighted by Crippen LogP contribution is -2.52. The van der Waals surface area contributed by atoms with Crippen LogP contribution < -0.4 is 14.4 Å². The second kappa shape index (κ2) is 10.5. The Hall–Kier alpha value is -3.00. The number of aromatic nitrogens is 2. The predicted octanol–water partition coefficient (Wildman–Crippen LogP) is 5.41. The van der Waals surface area contributed by atoms with Gasteiger partial charge in [-0.05, 0) is 52.3 Å². The summed E-state index contributed by atoms with van der Waals surface area (Å²) in [4.78, 5) is 23.6. The maximum atomic E-state index is 13.9. The van der Waals surface area contributed by atoms with E-state index in [9.17, 15) is 31.2 Å². The first-order valence-electron chi connectivity index (χ1n) is 11.9. The molecule has 0 fully saturated rings. The zero-order chi connectivity index (χ0) is 29.6. The number of hydrogen-bond donors (Lipinski definition) is 1. The minimum Gasteiger partial charge on any atom is -0.486 e. The number of alkyl halides is 3. The third kappa shape index (κ3) is 6.26. The van der Waals surface area contributed by atoms with Crippen molar-refractivity contribution in [2.24, 2.45) is 5.41 Å². The van der Waals surface area contributed by atoms with E-state index in [0.717, 1.165) is 10.6 Å². The standard InChI is InChI=1S/C24H30ClF3N4O6S/c1-7-31-12-19(20(25)30-31)39(35,36)32-14(2)18(11-22(3,4)13-33)37-17-9-8-15(10-16(17)32)29-21(34)38-23(5,6)24(26,27)28/h8-10,12-14,18H,7,11H2,1-6H3,(H,29,34)/t14-,18+/m1/s1. The third-order valence-electron chi connectivity index (χ3n) is 6.25. The van der Waals surface area contributed by atoms with Gasteiger partial charge in [0.15, 0.2) is 5.15 Å². The number of fused-ring (bicyclic) bond motifs is 1. The van der Waals surface area contributed by atoms with Crippen molar-refractivity contribution in [2.75, 3.05) is 9.62 Å². The topological polar surface area (TPSA) is 120 Å². The Morgan fingerprint density at radius 3 is 2.44 bits per heavy atom. The van der Waals surface area contributed by atoms with Crippen LogP contribution in [0.25, 0.3) is 0 Å². The SMILES string of the molecule is CCn1cc(S(=O)(=O)N2c3cc(NC(=O)OC(C)(C)C(F)(F)F)ccc3O[C@@H](CC(C)(C)C=O)[C@H]2C)c(Cl)n1. The van der Waals surface area contributed by atoms with Crippen molar-refractivity contribution in [1.82, 2.24) is 9.78 Å². The van der Waals surface area contributed by atoms with Gasteiger partial charge >= 0.3 is 12.3 Å². The number of aryl methyl sites for hydroxylation is 1. The molecule has 39 heavy (non-hydrogen) atoms. The van der Waals surface area contributed by atoms with Gasteiger partial charge in [0, 0.05) is 23.8 Å². The number of ether oxygens (including phenoxy) is 2. The molecule has 10 nitrogen and oxygen atoms in total. The Labute approximate surface area is 229 Å². The fourth-order valence-corrected chi connectivity index (χ4v) is 6.01. The van der Waals surface area contributed by atoms with Gasteiger partial charge in [-0.3, -0.25) is 14.3 Å². The molecule has 0 unspecified atom stereocenters. The Balaban J connectivity index is 2.07. The average Bonchev–Trinajstić information content (AvgIpc) is 3.20. The Kier molecular flexibility index (Phi) is 8.24. The summed E-state index contributed by atoms with van der Waals surface area (Å²) in [6.07, 6.45) is -4.77. The van der Waals surface area contributed by atoms with E-state index < -0.39 is 45.5 Å². The van der Waals surface area contributed by atoms with E-state index in [1.807, 2.05) is 0 Å². The second-order valence-corrected chi connectivity index (χ2v) is 12.5. The number of aldehydes is 1. The number of amides is 1. The average molecular weight is 595 g/mol. The summed E-state index contributed by atoms with van der Waals surface area (Å²) in [5.41, 5.74) is -3.66. The highest BCUT2D eigenvalue weighted by molar-refractivity contribution is 7.93. The number of nitrogens with one attached hydrogen (secondary N) is 1. The number of halogens is 4. The van der Waals surface area contributed by atoms with E-state index in [1.165, 1.54) is 29.1 Å². The van der Waals surface area contributed by atoms with Crippen molar-refractivity contribution < 1.29 is 40.7 Å². The molecule has 0 radical (unpaired) electrons. The molecule has 2 atom stereocenters. The second-order valence-electron chi connectivity index (χ2n) is 10.4. The highest BCUT2D eigenvalue weighted by atomic mass is 35.5. The van der Waals surface area contributed by atoms with Crippen molar-refractivity contribution in [1.29, 1.82) is 0 Å². The predicted molar refractivity (Wildman–Crippen MR) is 138 cm³/mol. The largest absolute Gasteiger partial charge is 0.486 e. The Morgan fingerprint density at radius 1 is 1.26 bits per heavy atom. The third-order valence-corrected chi connectivity index (χ3v) is 8.55. The highest BCUT2D eigenvalue weighted by Crippen LogP contribution is 2.44. The lowest BCUT2D eigenvalue weighted by atomic mass is 9.86. The summed E-state index contributed by atoms with van der Waals surface area (Å²) >= 11 is 6.19. The van der Waals surface area contributed by atoms with E-state index >= 15 is 0 Å². The zero-order valence-electron chi connectivity index (χ0n) is 22.2. The molecule has 216 valence electrons.